The van der Waals surface area contributed by atoms with E-state index in [2.05, 4.69) is 10.3 Å². The molecule has 4 heteroatoms. The van der Waals surface area contributed by atoms with Gasteiger partial charge >= 0.3 is 0 Å². The lowest BCUT2D eigenvalue weighted by molar-refractivity contribution is -0.124. The molecule has 1 N–H and O–H groups in total. The van der Waals surface area contributed by atoms with Crippen molar-refractivity contribution in [2.45, 2.75) is 6.42 Å². The first-order valence-electron chi connectivity index (χ1n) is 5.62. The molecule has 0 spiro atoms. The molecule has 1 fully saturated rings. The summed E-state index contributed by atoms with van der Waals surface area (Å²) in [6.45, 7) is 0. The smallest absolute Gasteiger partial charge is 0.254 e. The number of amides is 2. The van der Waals surface area contributed by atoms with Gasteiger partial charge in [0.1, 0.15) is 0 Å². The average Bonchev–Trinajstić information content (AvgIpc) is 2.68. The lowest BCUT2D eigenvalue weighted by Crippen LogP contribution is -2.19. The minimum absolute atomic E-state index is 0.145. The van der Waals surface area contributed by atoms with Gasteiger partial charge in [-0.05, 0) is 23.8 Å². The number of nitrogens with zero attached hydrogens (tertiary/aromatic N) is 1. The van der Waals surface area contributed by atoms with Crippen molar-refractivity contribution in [1.82, 2.24) is 10.3 Å². The second-order valence-electron chi connectivity index (χ2n) is 4.19. The Labute approximate surface area is 103 Å². The molecule has 0 atom stereocenters. The second kappa shape index (κ2) is 4.07. The van der Waals surface area contributed by atoms with Crippen molar-refractivity contribution >= 4 is 28.8 Å². The number of hydrogen-bond acceptors (Lipinski definition) is 3. The number of para-hydroxylation sites is 1. The van der Waals surface area contributed by atoms with Gasteiger partial charge in [0.15, 0.2) is 0 Å². The SMILES string of the molecule is O=C1C/C(=C\c2cnc3ccccc3c2)C(=O)N1. The topological polar surface area (TPSA) is 59.1 Å². The van der Waals surface area contributed by atoms with Crippen LogP contribution in [-0.2, 0) is 9.59 Å². The number of fused-ring (bicyclic) bond motifs is 1. The van der Waals surface area contributed by atoms with Gasteiger partial charge in [0.2, 0.25) is 5.91 Å². The molecule has 1 aromatic heterocycles. The number of aromatic nitrogens is 1. The minimum atomic E-state index is -0.312. The van der Waals surface area contributed by atoms with Gasteiger partial charge in [-0.2, -0.15) is 0 Å². The Hall–Kier alpha value is -2.49. The molecule has 3 rings (SSSR count). The first-order chi connectivity index (χ1) is 8.72. The Balaban J connectivity index is 2.02. The monoisotopic (exact) mass is 238 g/mol. The Bertz CT molecular complexity index is 689. The lowest BCUT2D eigenvalue weighted by Gasteiger charge is -1.99. The van der Waals surface area contributed by atoms with Gasteiger partial charge in [-0.15, -0.1) is 0 Å². The Morgan fingerprint density at radius 2 is 2.06 bits per heavy atom. The van der Waals surface area contributed by atoms with E-state index in [9.17, 15) is 9.59 Å². The first-order valence-corrected chi connectivity index (χ1v) is 5.62. The van der Waals surface area contributed by atoms with E-state index in [1.54, 1.807) is 12.3 Å². The summed E-state index contributed by atoms with van der Waals surface area (Å²) in [5, 5.41) is 3.27. The quantitative estimate of drug-likeness (QED) is 0.607. The van der Waals surface area contributed by atoms with Crippen LogP contribution in [0.1, 0.15) is 12.0 Å². The molecular weight excluding hydrogens is 228 g/mol. The standard InChI is InChI=1S/C14H10N2O2/c17-13-7-11(14(18)16-13)6-9-5-10-3-1-2-4-12(10)15-8-9/h1-6,8H,7H2,(H,16,17,18)/b11-6+. The molecule has 1 aliphatic rings. The fraction of sp³-hybridized carbons (Fsp3) is 0.0714. The van der Waals surface area contributed by atoms with Crippen LogP contribution in [0.25, 0.3) is 17.0 Å². The van der Waals surface area contributed by atoms with Gasteiger partial charge in [0.25, 0.3) is 5.91 Å². The van der Waals surface area contributed by atoms with Gasteiger partial charge in [-0.3, -0.25) is 19.9 Å². The summed E-state index contributed by atoms with van der Waals surface area (Å²) in [6.07, 6.45) is 3.55. The molecule has 0 unspecified atom stereocenters. The van der Waals surface area contributed by atoms with Crippen LogP contribution in [0.2, 0.25) is 0 Å². The van der Waals surface area contributed by atoms with Crippen molar-refractivity contribution in [3.05, 3.63) is 47.7 Å². The maximum absolute atomic E-state index is 11.4. The van der Waals surface area contributed by atoms with Crippen molar-refractivity contribution in [3.8, 4) is 0 Å². The fourth-order valence-electron chi connectivity index (χ4n) is 1.99. The third-order valence-corrected chi connectivity index (χ3v) is 2.85. The van der Waals surface area contributed by atoms with Gasteiger partial charge in [0.05, 0.1) is 11.9 Å². The van der Waals surface area contributed by atoms with Crippen molar-refractivity contribution in [2.24, 2.45) is 0 Å². The van der Waals surface area contributed by atoms with Crippen LogP contribution < -0.4 is 5.32 Å². The molecule has 0 radical (unpaired) electrons. The maximum atomic E-state index is 11.4. The average molecular weight is 238 g/mol. The summed E-state index contributed by atoms with van der Waals surface area (Å²) in [4.78, 5) is 26.8. The van der Waals surface area contributed by atoms with Gasteiger partial charge in [-0.25, -0.2) is 0 Å². The third-order valence-electron chi connectivity index (χ3n) is 2.85. The number of rotatable bonds is 1. The molecule has 1 aromatic carbocycles. The van der Waals surface area contributed by atoms with E-state index in [1.165, 1.54) is 0 Å². The third kappa shape index (κ3) is 1.88. The highest BCUT2D eigenvalue weighted by atomic mass is 16.2. The summed E-state index contributed by atoms with van der Waals surface area (Å²) < 4.78 is 0. The van der Waals surface area contributed by atoms with Crippen molar-refractivity contribution in [3.63, 3.8) is 0 Å². The highest BCUT2D eigenvalue weighted by molar-refractivity contribution is 6.15. The van der Waals surface area contributed by atoms with Crippen LogP contribution in [0.3, 0.4) is 0 Å². The van der Waals surface area contributed by atoms with Crippen LogP contribution >= 0.6 is 0 Å². The van der Waals surface area contributed by atoms with Gasteiger partial charge in [-0.1, -0.05) is 18.2 Å². The first kappa shape index (κ1) is 10.7. The van der Waals surface area contributed by atoms with Gasteiger partial charge < -0.3 is 0 Å². The summed E-state index contributed by atoms with van der Waals surface area (Å²) in [5.41, 5.74) is 2.22. The number of imide groups is 1. The van der Waals surface area contributed by atoms with Gasteiger partial charge in [0, 0.05) is 17.2 Å². The zero-order valence-electron chi connectivity index (χ0n) is 9.51. The Morgan fingerprint density at radius 3 is 2.83 bits per heavy atom. The molecule has 1 saturated heterocycles. The van der Waals surface area contributed by atoms with Crippen LogP contribution in [0.15, 0.2) is 42.1 Å². The lowest BCUT2D eigenvalue weighted by atomic mass is 10.1. The van der Waals surface area contributed by atoms with Crippen LogP contribution in [0.4, 0.5) is 0 Å². The summed E-state index contributed by atoms with van der Waals surface area (Å²) in [5.74, 6) is -0.562. The highest BCUT2D eigenvalue weighted by Gasteiger charge is 2.23. The number of pyridine rings is 1. The summed E-state index contributed by atoms with van der Waals surface area (Å²) >= 11 is 0. The molecule has 18 heavy (non-hydrogen) atoms. The van der Waals surface area contributed by atoms with E-state index in [1.807, 2.05) is 30.3 Å². The maximum Gasteiger partial charge on any atom is 0.254 e. The predicted molar refractivity (Wildman–Crippen MR) is 67.5 cm³/mol. The molecule has 0 bridgehead atoms. The van der Waals surface area contributed by atoms with E-state index < -0.39 is 0 Å². The fourth-order valence-corrected chi connectivity index (χ4v) is 1.99. The molecule has 4 nitrogen and oxygen atoms in total. The van der Waals surface area contributed by atoms with E-state index in [-0.39, 0.29) is 18.2 Å². The number of nitrogens with one attached hydrogen (secondary N) is 1. The van der Waals surface area contributed by atoms with E-state index in [4.69, 9.17) is 0 Å². The molecule has 88 valence electrons. The zero-order chi connectivity index (χ0) is 12.5. The highest BCUT2D eigenvalue weighted by Crippen LogP contribution is 2.17. The molecule has 2 heterocycles. The molecule has 0 aliphatic carbocycles. The number of carbonyl (C=O) groups is 2. The normalized spacial score (nSPS) is 17.4. The summed E-state index contributed by atoms with van der Waals surface area (Å²) in [6, 6.07) is 9.71. The van der Waals surface area contributed by atoms with Crippen molar-refractivity contribution in [1.29, 1.82) is 0 Å². The molecule has 2 amide bonds. The number of carbonyl (C=O) groups excluding carboxylic acids is 2. The van der Waals surface area contributed by atoms with E-state index >= 15 is 0 Å². The molecule has 0 saturated carbocycles. The predicted octanol–water partition coefficient (Wildman–Crippen LogP) is 1.66. The second-order valence-corrected chi connectivity index (χ2v) is 4.19. The van der Waals surface area contributed by atoms with Crippen LogP contribution in [-0.4, -0.2) is 16.8 Å². The molecule has 1 aliphatic heterocycles. The molecule has 2 aromatic rings. The number of hydrogen-bond donors (Lipinski definition) is 1. The van der Waals surface area contributed by atoms with Crippen molar-refractivity contribution < 1.29 is 9.59 Å². The Morgan fingerprint density at radius 1 is 1.22 bits per heavy atom. The molecular formula is C14H10N2O2. The largest absolute Gasteiger partial charge is 0.292 e. The van der Waals surface area contributed by atoms with E-state index in [0.717, 1.165) is 16.5 Å². The Kier molecular flexibility index (Phi) is 2.41. The van der Waals surface area contributed by atoms with Crippen LogP contribution in [0, 0.1) is 0 Å². The number of benzene rings is 1. The zero-order valence-corrected chi connectivity index (χ0v) is 9.51. The minimum Gasteiger partial charge on any atom is -0.292 e. The summed E-state index contributed by atoms with van der Waals surface area (Å²) in [7, 11) is 0. The van der Waals surface area contributed by atoms with Crippen molar-refractivity contribution in [2.75, 3.05) is 0 Å². The van der Waals surface area contributed by atoms with E-state index in [0.29, 0.717) is 5.57 Å². The van der Waals surface area contributed by atoms with Crippen LogP contribution in [0.5, 0.6) is 0 Å².